The van der Waals surface area contributed by atoms with Crippen LogP contribution in [0.5, 0.6) is 0 Å². The van der Waals surface area contributed by atoms with Gasteiger partial charge in [-0.3, -0.25) is 4.79 Å². The summed E-state index contributed by atoms with van der Waals surface area (Å²) in [7, 11) is 0. The number of unbranched alkanes of at least 4 members (excludes halogenated alkanes) is 1. The summed E-state index contributed by atoms with van der Waals surface area (Å²) >= 11 is 0. The molecule has 2 N–H and O–H groups in total. The minimum absolute atomic E-state index is 0.00658. The predicted octanol–water partition coefficient (Wildman–Crippen LogP) is 2.64. The van der Waals surface area contributed by atoms with Gasteiger partial charge in [-0.05, 0) is 38.0 Å². The smallest absolute Gasteiger partial charge is 0.335 e. The Morgan fingerprint density at radius 1 is 1.45 bits per heavy atom. The van der Waals surface area contributed by atoms with Gasteiger partial charge in [-0.15, -0.1) is 0 Å². The predicted molar refractivity (Wildman–Crippen MR) is 78.5 cm³/mol. The van der Waals surface area contributed by atoms with Crippen molar-refractivity contribution in [2.45, 2.75) is 39.7 Å². The number of fused-ring (bicyclic) bond motifs is 1. The third-order valence-electron chi connectivity index (χ3n) is 3.59. The number of hydrogen-bond donors (Lipinski definition) is 2. The lowest BCUT2D eigenvalue weighted by Gasteiger charge is -2.35. The van der Waals surface area contributed by atoms with Crippen LogP contribution >= 0.6 is 0 Å². The third kappa shape index (κ3) is 2.48. The van der Waals surface area contributed by atoms with Gasteiger partial charge in [0.1, 0.15) is 6.04 Å². The molecular formula is C15H20N2O3. The molecule has 0 spiro atoms. The fraction of sp³-hybridized carbons (Fsp3) is 0.467. The quantitative estimate of drug-likeness (QED) is 0.887. The van der Waals surface area contributed by atoms with Crippen LogP contribution < -0.4 is 10.2 Å². The molecule has 1 unspecified atom stereocenters. The summed E-state index contributed by atoms with van der Waals surface area (Å²) in [6.07, 6.45) is 1.88. The van der Waals surface area contributed by atoms with Crippen LogP contribution in [0.1, 0.15) is 42.6 Å². The molecule has 20 heavy (non-hydrogen) atoms. The Balaban J connectivity index is 2.51. The van der Waals surface area contributed by atoms with Crippen molar-refractivity contribution < 1.29 is 14.7 Å². The topological polar surface area (TPSA) is 69.6 Å². The Labute approximate surface area is 118 Å². The van der Waals surface area contributed by atoms with Gasteiger partial charge < -0.3 is 15.3 Å². The molecule has 1 atom stereocenters. The zero-order chi connectivity index (χ0) is 14.9. The van der Waals surface area contributed by atoms with E-state index in [4.69, 9.17) is 5.11 Å². The van der Waals surface area contributed by atoms with Crippen LogP contribution in [-0.2, 0) is 4.79 Å². The first-order chi connectivity index (χ1) is 9.45. The Bertz CT molecular complexity index is 554. The Morgan fingerprint density at radius 3 is 2.75 bits per heavy atom. The van der Waals surface area contributed by atoms with Crippen LogP contribution in [0.4, 0.5) is 11.4 Å². The number of carbonyl (C=O) groups excluding carboxylic acids is 1. The van der Waals surface area contributed by atoms with Crippen LogP contribution in [0.2, 0.25) is 0 Å². The molecule has 1 aliphatic rings. The lowest BCUT2D eigenvalue weighted by atomic mass is 10.0. The fourth-order valence-electron chi connectivity index (χ4n) is 2.47. The molecule has 5 heteroatoms. The first-order valence-electron chi connectivity index (χ1n) is 6.91. The number of amides is 1. The second-order valence-corrected chi connectivity index (χ2v) is 5.20. The van der Waals surface area contributed by atoms with E-state index in [9.17, 15) is 9.59 Å². The Kier molecular flexibility index (Phi) is 3.97. The maximum atomic E-state index is 12.3. The molecule has 5 nitrogen and oxygen atoms in total. The van der Waals surface area contributed by atoms with Gasteiger partial charge in [-0.1, -0.05) is 13.3 Å². The van der Waals surface area contributed by atoms with E-state index >= 15 is 0 Å². The average Bonchev–Trinajstić information content (AvgIpc) is 2.40. The second-order valence-electron chi connectivity index (χ2n) is 5.20. The maximum absolute atomic E-state index is 12.3. The number of benzene rings is 1. The summed E-state index contributed by atoms with van der Waals surface area (Å²) in [4.78, 5) is 25.2. The van der Waals surface area contributed by atoms with Crippen molar-refractivity contribution in [2.24, 2.45) is 0 Å². The molecule has 0 aliphatic carbocycles. The lowest BCUT2D eigenvalue weighted by molar-refractivity contribution is -0.119. The SMILES string of the molecule is CCCCN1C(=O)C(C)Nc2c(C)cc(C(=O)O)cc21. The molecule has 0 saturated carbocycles. The molecule has 1 aromatic rings. The van der Waals surface area contributed by atoms with E-state index in [2.05, 4.69) is 12.2 Å². The summed E-state index contributed by atoms with van der Waals surface area (Å²) in [5.41, 5.74) is 2.60. The zero-order valence-corrected chi connectivity index (χ0v) is 12.1. The van der Waals surface area contributed by atoms with Gasteiger partial charge in [0, 0.05) is 6.54 Å². The minimum Gasteiger partial charge on any atom is -0.478 e. The highest BCUT2D eigenvalue weighted by Crippen LogP contribution is 2.35. The summed E-state index contributed by atoms with van der Waals surface area (Å²) < 4.78 is 0. The second kappa shape index (κ2) is 5.53. The van der Waals surface area contributed by atoms with Crippen molar-refractivity contribution in [3.05, 3.63) is 23.3 Å². The van der Waals surface area contributed by atoms with Gasteiger partial charge in [0.05, 0.1) is 16.9 Å². The van der Waals surface area contributed by atoms with E-state index in [1.54, 1.807) is 17.0 Å². The number of anilines is 2. The third-order valence-corrected chi connectivity index (χ3v) is 3.59. The lowest BCUT2D eigenvalue weighted by Crippen LogP contribution is -2.46. The van der Waals surface area contributed by atoms with E-state index < -0.39 is 5.97 Å². The molecule has 108 valence electrons. The molecule has 2 rings (SSSR count). The number of carbonyl (C=O) groups is 2. The molecule has 0 radical (unpaired) electrons. The van der Waals surface area contributed by atoms with Gasteiger partial charge in [0.2, 0.25) is 5.91 Å². The largest absolute Gasteiger partial charge is 0.478 e. The number of nitrogens with one attached hydrogen (secondary N) is 1. The molecule has 1 aliphatic heterocycles. The van der Waals surface area contributed by atoms with Crippen molar-refractivity contribution in [3.63, 3.8) is 0 Å². The molecule has 1 heterocycles. The number of aryl methyl sites for hydroxylation is 1. The van der Waals surface area contributed by atoms with E-state index in [0.717, 1.165) is 24.1 Å². The molecular weight excluding hydrogens is 256 g/mol. The number of aromatic carboxylic acids is 1. The highest BCUT2D eigenvalue weighted by Gasteiger charge is 2.30. The van der Waals surface area contributed by atoms with E-state index in [-0.39, 0.29) is 17.5 Å². The summed E-state index contributed by atoms with van der Waals surface area (Å²) in [6.45, 7) is 6.38. The zero-order valence-electron chi connectivity index (χ0n) is 12.1. The Hall–Kier alpha value is -2.04. The van der Waals surface area contributed by atoms with Crippen molar-refractivity contribution in [2.75, 3.05) is 16.8 Å². The van der Waals surface area contributed by atoms with Gasteiger partial charge in [0.25, 0.3) is 0 Å². The van der Waals surface area contributed by atoms with Crippen LogP contribution in [0, 0.1) is 6.92 Å². The minimum atomic E-state index is -0.975. The van der Waals surface area contributed by atoms with Crippen molar-refractivity contribution in [3.8, 4) is 0 Å². The normalized spacial score (nSPS) is 17.6. The molecule has 0 bridgehead atoms. The monoisotopic (exact) mass is 276 g/mol. The summed E-state index contributed by atoms with van der Waals surface area (Å²) in [6, 6.07) is 2.93. The molecule has 0 aromatic heterocycles. The molecule has 0 fully saturated rings. The Morgan fingerprint density at radius 2 is 2.15 bits per heavy atom. The number of nitrogens with zero attached hydrogens (tertiary/aromatic N) is 1. The van der Waals surface area contributed by atoms with Crippen molar-refractivity contribution in [1.29, 1.82) is 0 Å². The first kappa shape index (κ1) is 14.4. The van der Waals surface area contributed by atoms with E-state index in [0.29, 0.717) is 12.2 Å². The summed E-state index contributed by atoms with van der Waals surface area (Å²) in [5.74, 6) is -0.981. The average molecular weight is 276 g/mol. The van der Waals surface area contributed by atoms with Crippen LogP contribution in [-0.4, -0.2) is 29.6 Å². The fourth-order valence-corrected chi connectivity index (χ4v) is 2.47. The molecule has 1 amide bonds. The number of hydrogen-bond acceptors (Lipinski definition) is 3. The van der Waals surface area contributed by atoms with Crippen molar-refractivity contribution in [1.82, 2.24) is 0 Å². The van der Waals surface area contributed by atoms with Gasteiger partial charge in [-0.25, -0.2) is 4.79 Å². The van der Waals surface area contributed by atoms with Gasteiger partial charge in [-0.2, -0.15) is 0 Å². The van der Waals surface area contributed by atoms with Gasteiger partial charge >= 0.3 is 5.97 Å². The highest BCUT2D eigenvalue weighted by molar-refractivity contribution is 6.06. The number of carboxylic acid groups (broad SMARTS) is 1. The molecule has 1 aromatic carbocycles. The highest BCUT2D eigenvalue weighted by atomic mass is 16.4. The van der Waals surface area contributed by atoms with Gasteiger partial charge in [0.15, 0.2) is 0 Å². The number of carboxylic acids is 1. The van der Waals surface area contributed by atoms with Crippen LogP contribution in [0.15, 0.2) is 12.1 Å². The van der Waals surface area contributed by atoms with E-state index in [1.807, 2.05) is 13.8 Å². The number of rotatable bonds is 4. The van der Waals surface area contributed by atoms with Crippen LogP contribution in [0.25, 0.3) is 0 Å². The maximum Gasteiger partial charge on any atom is 0.335 e. The molecule has 0 saturated heterocycles. The standard InChI is InChI=1S/C15H20N2O3/c1-4-5-6-17-12-8-11(15(19)20)7-9(2)13(12)16-10(3)14(17)18/h7-8,10,16H,4-6H2,1-3H3,(H,19,20). The van der Waals surface area contributed by atoms with Crippen LogP contribution in [0.3, 0.4) is 0 Å². The summed E-state index contributed by atoms with van der Waals surface area (Å²) in [5, 5.41) is 12.3. The van der Waals surface area contributed by atoms with Crippen molar-refractivity contribution >= 4 is 23.3 Å². The first-order valence-corrected chi connectivity index (χ1v) is 6.91. The van der Waals surface area contributed by atoms with E-state index in [1.165, 1.54) is 0 Å².